The summed E-state index contributed by atoms with van der Waals surface area (Å²) in [7, 11) is -7.86. The Morgan fingerprint density at radius 3 is 2.75 bits per heavy atom. The molecule has 3 N–H and O–H groups in total. The van der Waals surface area contributed by atoms with E-state index in [2.05, 4.69) is 5.32 Å². The summed E-state index contributed by atoms with van der Waals surface area (Å²) in [4.78, 5) is 10.8. The van der Waals surface area contributed by atoms with Gasteiger partial charge in [0.05, 0.1) is 0 Å². The fourth-order valence-electron chi connectivity index (χ4n) is 2.39. The fraction of sp³-hybridized carbons (Fsp3) is 0.583. The smallest absolute Gasteiger partial charge is 0.302 e. The van der Waals surface area contributed by atoms with Crippen molar-refractivity contribution in [2.45, 2.75) is 28.3 Å². The second kappa shape index (κ2) is 7.06. The van der Waals surface area contributed by atoms with Crippen molar-refractivity contribution in [2.24, 2.45) is 5.14 Å². The van der Waals surface area contributed by atoms with Gasteiger partial charge in [0.2, 0.25) is 10.0 Å². The van der Waals surface area contributed by atoms with Crippen LogP contribution in [0.2, 0.25) is 0 Å². The minimum atomic E-state index is -3.99. The highest BCUT2D eigenvalue weighted by atomic mass is 32.3. The molecule has 1 aliphatic rings. The van der Waals surface area contributed by atoms with E-state index in [1.165, 1.54) is 17.3 Å². The summed E-state index contributed by atoms with van der Waals surface area (Å²) in [6.07, 6.45) is 0. The number of carbonyl (C=O) groups is 1. The van der Waals surface area contributed by atoms with Crippen molar-refractivity contribution in [3.8, 4) is 0 Å². The number of likely N-dealkylation sites (N-methyl/N-ethyl adjacent to an activating group) is 1. The van der Waals surface area contributed by atoms with Gasteiger partial charge in [-0.2, -0.15) is 4.31 Å². The monoisotopic (exact) mass is 397 g/mol. The van der Waals surface area contributed by atoms with E-state index in [1.54, 1.807) is 0 Å². The van der Waals surface area contributed by atoms with Gasteiger partial charge in [-0.15, -0.1) is 11.3 Å². The lowest BCUT2D eigenvalue weighted by Gasteiger charge is -2.32. The van der Waals surface area contributed by atoms with E-state index in [0.29, 0.717) is 23.4 Å². The van der Waals surface area contributed by atoms with Crippen LogP contribution in [0.4, 0.5) is 0 Å². The molecule has 1 aromatic rings. The Morgan fingerprint density at radius 1 is 1.54 bits per heavy atom. The van der Waals surface area contributed by atoms with Gasteiger partial charge >= 0.3 is 5.97 Å². The lowest BCUT2D eigenvalue weighted by atomic mass is 10.1. The molecule has 1 aromatic heterocycles. The summed E-state index contributed by atoms with van der Waals surface area (Å²) in [6.45, 7) is 3.70. The molecule has 0 aliphatic carbocycles. The molecule has 0 spiro atoms. The van der Waals surface area contributed by atoms with Gasteiger partial charge in [0.1, 0.15) is 15.0 Å². The minimum absolute atomic E-state index is 0.00808. The van der Waals surface area contributed by atoms with E-state index >= 15 is 0 Å². The molecule has 2 heterocycles. The summed E-state index contributed by atoms with van der Waals surface area (Å²) < 4.78 is 54.3. The molecule has 0 fully saturated rings. The molecule has 24 heavy (non-hydrogen) atoms. The molecule has 0 saturated carbocycles. The number of thiophene rings is 1. The number of carbonyl (C=O) groups excluding carboxylic acids is 1. The van der Waals surface area contributed by atoms with Gasteiger partial charge in [0.15, 0.2) is 0 Å². The molecule has 2 rings (SSSR count). The number of primary sulfonamides is 1. The molecule has 0 radical (unpaired) electrons. The number of ether oxygens (including phenoxy) is 1. The molecule has 0 saturated heterocycles. The highest BCUT2D eigenvalue weighted by Crippen LogP contribution is 2.39. The maximum atomic E-state index is 12.7. The van der Waals surface area contributed by atoms with E-state index in [1.807, 2.05) is 6.92 Å². The fourth-order valence-corrected chi connectivity index (χ4v) is 6.64. The van der Waals surface area contributed by atoms with Crippen LogP contribution < -0.4 is 10.5 Å². The van der Waals surface area contributed by atoms with Crippen LogP contribution in [0.1, 0.15) is 25.5 Å². The van der Waals surface area contributed by atoms with Gasteiger partial charge in [0.25, 0.3) is 10.0 Å². The quantitative estimate of drug-likeness (QED) is 0.624. The summed E-state index contributed by atoms with van der Waals surface area (Å²) in [5, 5.41) is 8.25. The number of nitrogens with zero attached hydrogens (tertiary/aromatic N) is 1. The van der Waals surface area contributed by atoms with Crippen LogP contribution in [-0.4, -0.2) is 53.4 Å². The predicted octanol–water partition coefficient (Wildman–Crippen LogP) is -0.386. The third kappa shape index (κ3) is 3.95. The minimum Gasteiger partial charge on any atom is -0.464 e. The molecule has 0 unspecified atom stereocenters. The molecule has 0 amide bonds. The van der Waals surface area contributed by atoms with Crippen LogP contribution in [0, 0.1) is 0 Å². The number of fused-ring (bicyclic) bond motifs is 1. The normalized spacial score (nSPS) is 20.5. The standard InChI is InChI=1S/C12H19N3O6S3/c1-3-14-10-7-15(4-5-21-8(2)16)24(19,20)12-9(10)6-11(22-12)23(13,17)18/h6,10,14H,3-5,7H2,1-2H3,(H2,13,17,18)/t10-/m0/s1. The summed E-state index contributed by atoms with van der Waals surface area (Å²) in [6, 6.07) is 0.946. The zero-order valence-electron chi connectivity index (χ0n) is 13.2. The number of hydrogen-bond donors (Lipinski definition) is 2. The Kier molecular flexibility index (Phi) is 5.67. The van der Waals surface area contributed by atoms with Crippen molar-refractivity contribution in [3.63, 3.8) is 0 Å². The average Bonchev–Trinajstić information content (AvgIpc) is 2.90. The summed E-state index contributed by atoms with van der Waals surface area (Å²) in [5.41, 5.74) is 0.398. The highest BCUT2D eigenvalue weighted by Gasteiger charge is 2.39. The van der Waals surface area contributed by atoms with Gasteiger partial charge in [-0.25, -0.2) is 22.0 Å². The van der Waals surface area contributed by atoms with Crippen molar-refractivity contribution < 1.29 is 26.4 Å². The lowest BCUT2D eigenvalue weighted by molar-refractivity contribution is -0.141. The second-order valence-electron chi connectivity index (χ2n) is 5.17. The second-order valence-corrected chi connectivity index (χ2v) is 10.1. The van der Waals surface area contributed by atoms with Gasteiger partial charge in [-0.1, -0.05) is 6.92 Å². The number of nitrogens with two attached hydrogens (primary N) is 1. The van der Waals surface area contributed by atoms with Crippen molar-refractivity contribution in [3.05, 3.63) is 11.6 Å². The topological polar surface area (TPSA) is 136 Å². The first-order valence-electron chi connectivity index (χ1n) is 7.10. The molecule has 1 aliphatic heterocycles. The zero-order valence-corrected chi connectivity index (χ0v) is 15.6. The van der Waals surface area contributed by atoms with E-state index in [-0.39, 0.29) is 34.2 Å². The molecule has 9 nitrogen and oxygen atoms in total. The molecule has 136 valence electrons. The number of sulfonamides is 2. The third-order valence-corrected chi connectivity index (χ3v) is 8.38. The molecular formula is C12H19N3O6S3. The van der Waals surface area contributed by atoms with Crippen LogP contribution >= 0.6 is 11.3 Å². The Balaban J connectivity index is 2.41. The zero-order chi connectivity index (χ0) is 18.1. The van der Waals surface area contributed by atoms with Gasteiger partial charge < -0.3 is 10.1 Å². The van der Waals surface area contributed by atoms with E-state index in [0.717, 1.165) is 0 Å². The Hall–Kier alpha value is -1.05. The van der Waals surface area contributed by atoms with Crippen LogP contribution in [-0.2, 0) is 29.6 Å². The molecule has 12 heteroatoms. The number of esters is 1. The Morgan fingerprint density at radius 2 is 2.21 bits per heavy atom. The van der Waals surface area contributed by atoms with Crippen LogP contribution in [0.3, 0.4) is 0 Å². The Bertz CT molecular complexity index is 830. The molecule has 0 aromatic carbocycles. The lowest BCUT2D eigenvalue weighted by Crippen LogP contribution is -2.44. The Labute approximate surface area is 144 Å². The maximum Gasteiger partial charge on any atom is 0.302 e. The van der Waals surface area contributed by atoms with Crippen LogP contribution in [0.15, 0.2) is 14.5 Å². The first-order chi connectivity index (χ1) is 11.1. The largest absolute Gasteiger partial charge is 0.464 e. The molecule has 0 bridgehead atoms. The van der Waals surface area contributed by atoms with Crippen molar-refractivity contribution in [1.82, 2.24) is 9.62 Å². The van der Waals surface area contributed by atoms with Gasteiger partial charge in [0, 0.05) is 31.6 Å². The summed E-state index contributed by atoms with van der Waals surface area (Å²) in [5.74, 6) is -0.499. The summed E-state index contributed by atoms with van der Waals surface area (Å²) >= 11 is 0.632. The van der Waals surface area contributed by atoms with E-state index in [4.69, 9.17) is 9.88 Å². The van der Waals surface area contributed by atoms with Crippen molar-refractivity contribution in [2.75, 3.05) is 26.2 Å². The van der Waals surface area contributed by atoms with Crippen LogP contribution in [0.5, 0.6) is 0 Å². The molecule has 1 atom stereocenters. The first kappa shape index (κ1) is 19.3. The highest BCUT2D eigenvalue weighted by molar-refractivity contribution is 7.94. The van der Waals surface area contributed by atoms with E-state index < -0.39 is 26.0 Å². The van der Waals surface area contributed by atoms with Gasteiger partial charge in [-0.3, -0.25) is 4.79 Å². The number of rotatable bonds is 6. The van der Waals surface area contributed by atoms with Gasteiger partial charge in [-0.05, 0) is 12.6 Å². The molecular weight excluding hydrogens is 378 g/mol. The first-order valence-corrected chi connectivity index (χ1v) is 10.9. The number of nitrogens with one attached hydrogen (secondary N) is 1. The van der Waals surface area contributed by atoms with Crippen molar-refractivity contribution in [1.29, 1.82) is 0 Å². The van der Waals surface area contributed by atoms with Crippen molar-refractivity contribution >= 4 is 37.4 Å². The number of hydrogen-bond acceptors (Lipinski definition) is 8. The SMILES string of the molecule is CCN[C@H]1CN(CCOC(C)=O)S(=O)(=O)c2sc(S(N)(=O)=O)cc21. The predicted molar refractivity (Wildman–Crippen MR) is 87.5 cm³/mol. The average molecular weight is 398 g/mol. The van der Waals surface area contributed by atoms with Crippen LogP contribution in [0.25, 0.3) is 0 Å². The third-order valence-electron chi connectivity index (χ3n) is 3.42. The van der Waals surface area contributed by atoms with E-state index in [9.17, 15) is 21.6 Å². The maximum absolute atomic E-state index is 12.7.